The molecule has 19 heavy (non-hydrogen) atoms. The van der Waals surface area contributed by atoms with Gasteiger partial charge >= 0.3 is 0 Å². The van der Waals surface area contributed by atoms with Gasteiger partial charge in [0.05, 0.1) is 13.2 Å². The van der Waals surface area contributed by atoms with E-state index in [-0.39, 0.29) is 5.91 Å². The Balaban J connectivity index is 2.84. The minimum Gasteiger partial charge on any atom is -0.383 e. The SMILES string of the molecule is COCCN(CCOC)C(=O)c1cc(C)cc(C)c1. The Morgan fingerprint density at radius 3 is 1.89 bits per heavy atom. The lowest BCUT2D eigenvalue weighted by atomic mass is 10.1. The molecule has 0 N–H and O–H groups in total. The predicted octanol–water partition coefficient (Wildman–Crippen LogP) is 2.04. The molecule has 0 spiro atoms. The van der Waals surface area contributed by atoms with Crippen molar-refractivity contribution in [3.63, 3.8) is 0 Å². The first-order valence-corrected chi connectivity index (χ1v) is 6.44. The Labute approximate surface area is 115 Å². The molecule has 0 aliphatic heterocycles. The van der Waals surface area contributed by atoms with Gasteiger partial charge in [0.25, 0.3) is 5.91 Å². The zero-order chi connectivity index (χ0) is 14.3. The molecule has 0 radical (unpaired) electrons. The zero-order valence-corrected chi connectivity index (χ0v) is 12.2. The maximum atomic E-state index is 12.5. The average molecular weight is 265 g/mol. The first kappa shape index (κ1) is 15.7. The summed E-state index contributed by atoms with van der Waals surface area (Å²) in [5.74, 6) is 0.0286. The molecule has 0 fully saturated rings. The number of methoxy groups -OCH3 is 2. The highest BCUT2D eigenvalue weighted by molar-refractivity contribution is 5.94. The van der Waals surface area contributed by atoms with Crippen LogP contribution in [0.5, 0.6) is 0 Å². The summed E-state index contributed by atoms with van der Waals surface area (Å²) in [6, 6.07) is 5.90. The van der Waals surface area contributed by atoms with E-state index in [1.165, 1.54) is 0 Å². The molecule has 0 aliphatic carbocycles. The van der Waals surface area contributed by atoms with Crippen LogP contribution in [0.3, 0.4) is 0 Å². The van der Waals surface area contributed by atoms with Crippen molar-refractivity contribution in [3.8, 4) is 0 Å². The summed E-state index contributed by atoms with van der Waals surface area (Å²) in [7, 11) is 3.27. The molecule has 1 amide bonds. The van der Waals surface area contributed by atoms with Gasteiger partial charge in [0.2, 0.25) is 0 Å². The summed E-state index contributed by atoms with van der Waals surface area (Å²) in [6.45, 7) is 6.20. The maximum Gasteiger partial charge on any atom is 0.254 e. The Hall–Kier alpha value is -1.39. The van der Waals surface area contributed by atoms with Gasteiger partial charge < -0.3 is 14.4 Å². The van der Waals surface area contributed by atoms with E-state index < -0.39 is 0 Å². The largest absolute Gasteiger partial charge is 0.383 e. The number of benzene rings is 1. The summed E-state index contributed by atoms with van der Waals surface area (Å²) >= 11 is 0. The van der Waals surface area contributed by atoms with Crippen LogP contribution >= 0.6 is 0 Å². The smallest absolute Gasteiger partial charge is 0.254 e. The first-order valence-electron chi connectivity index (χ1n) is 6.44. The molecule has 0 saturated carbocycles. The van der Waals surface area contributed by atoms with Gasteiger partial charge in [0.15, 0.2) is 0 Å². The van der Waals surface area contributed by atoms with E-state index in [1.54, 1.807) is 19.1 Å². The third kappa shape index (κ3) is 5.01. The van der Waals surface area contributed by atoms with E-state index in [4.69, 9.17) is 9.47 Å². The fourth-order valence-electron chi connectivity index (χ4n) is 2.00. The van der Waals surface area contributed by atoms with E-state index in [2.05, 4.69) is 6.07 Å². The summed E-state index contributed by atoms with van der Waals surface area (Å²) in [6.07, 6.45) is 0. The Kier molecular flexibility index (Phi) is 6.53. The van der Waals surface area contributed by atoms with Crippen molar-refractivity contribution in [2.75, 3.05) is 40.5 Å². The summed E-state index contributed by atoms with van der Waals surface area (Å²) < 4.78 is 10.1. The van der Waals surface area contributed by atoms with Crippen molar-refractivity contribution < 1.29 is 14.3 Å². The molecule has 106 valence electrons. The zero-order valence-electron chi connectivity index (χ0n) is 12.2. The number of ether oxygens (including phenoxy) is 2. The number of hydrogen-bond donors (Lipinski definition) is 0. The highest BCUT2D eigenvalue weighted by atomic mass is 16.5. The van der Waals surface area contributed by atoms with Crippen LogP contribution in [0.15, 0.2) is 18.2 Å². The number of nitrogens with zero attached hydrogens (tertiary/aromatic N) is 1. The van der Waals surface area contributed by atoms with Gasteiger partial charge in [-0.15, -0.1) is 0 Å². The van der Waals surface area contributed by atoms with Crippen molar-refractivity contribution in [3.05, 3.63) is 34.9 Å². The molecule has 4 heteroatoms. The van der Waals surface area contributed by atoms with Crippen LogP contribution < -0.4 is 0 Å². The number of hydrogen-bond acceptors (Lipinski definition) is 3. The molecule has 1 aromatic carbocycles. The average Bonchev–Trinajstić information content (AvgIpc) is 2.37. The van der Waals surface area contributed by atoms with Crippen LogP contribution in [0.4, 0.5) is 0 Å². The molecule has 0 atom stereocenters. The number of carbonyl (C=O) groups is 1. The molecule has 0 bridgehead atoms. The number of carbonyl (C=O) groups excluding carboxylic acids is 1. The van der Waals surface area contributed by atoms with E-state index in [0.29, 0.717) is 26.3 Å². The van der Waals surface area contributed by atoms with Crippen molar-refractivity contribution in [2.24, 2.45) is 0 Å². The standard InChI is InChI=1S/C15H23NO3/c1-12-9-13(2)11-14(10-12)15(17)16(5-7-18-3)6-8-19-4/h9-11H,5-8H2,1-4H3. The van der Waals surface area contributed by atoms with Crippen LogP contribution in [0.25, 0.3) is 0 Å². The van der Waals surface area contributed by atoms with Crippen molar-refractivity contribution in [1.29, 1.82) is 0 Å². The number of rotatable bonds is 7. The number of aryl methyl sites for hydroxylation is 2. The maximum absolute atomic E-state index is 12.5. The minimum atomic E-state index is 0.0286. The second kappa shape index (κ2) is 7.92. The van der Waals surface area contributed by atoms with E-state index >= 15 is 0 Å². The molecule has 0 unspecified atom stereocenters. The third-order valence-electron chi connectivity index (χ3n) is 2.89. The third-order valence-corrected chi connectivity index (χ3v) is 2.89. The molecular weight excluding hydrogens is 242 g/mol. The molecule has 0 aromatic heterocycles. The monoisotopic (exact) mass is 265 g/mol. The van der Waals surface area contributed by atoms with Gasteiger partial charge in [-0.2, -0.15) is 0 Å². The summed E-state index contributed by atoms with van der Waals surface area (Å²) in [5, 5.41) is 0. The Morgan fingerprint density at radius 2 is 1.47 bits per heavy atom. The Bertz CT molecular complexity index is 390. The fraction of sp³-hybridized carbons (Fsp3) is 0.533. The molecule has 4 nitrogen and oxygen atoms in total. The molecule has 1 aromatic rings. The van der Waals surface area contributed by atoms with Crippen LogP contribution in [0.1, 0.15) is 21.5 Å². The van der Waals surface area contributed by atoms with Crippen molar-refractivity contribution in [1.82, 2.24) is 4.90 Å². The molecule has 0 saturated heterocycles. The van der Waals surface area contributed by atoms with Gasteiger partial charge in [0, 0.05) is 32.9 Å². The van der Waals surface area contributed by atoms with Crippen LogP contribution in [0.2, 0.25) is 0 Å². The number of amides is 1. The van der Waals surface area contributed by atoms with Gasteiger partial charge in [-0.05, 0) is 26.0 Å². The topological polar surface area (TPSA) is 38.8 Å². The predicted molar refractivity (Wildman–Crippen MR) is 75.6 cm³/mol. The highest BCUT2D eigenvalue weighted by Crippen LogP contribution is 2.11. The Morgan fingerprint density at radius 1 is 1.00 bits per heavy atom. The minimum absolute atomic E-state index is 0.0286. The van der Waals surface area contributed by atoms with Gasteiger partial charge in [-0.25, -0.2) is 0 Å². The van der Waals surface area contributed by atoms with E-state index in [9.17, 15) is 4.79 Å². The first-order chi connectivity index (χ1) is 9.08. The van der Waals surface area contributed by atoms with Crippen LogP contribution in [-0.2, 0) is 9.47 Å². The lowest BCUT2D eigenvalue weighted by Gasteiger charge is -2.22. The molecule has 0 heterocycles. The lowest BCUT2D eigenvalue weighted by Crippen LogP contribution is -2.36. The van der Waals surface area contributed by atoms with Crippen LogP contribution in [-0.4, -0.2) is 51.3 Å². The van der Waals surface area contributed by atoms with Crippen LogP contribution in [0, 0.1) is 13.8 Å². The normalized spacial score (nSPS) is 10.5. The van der Waals surface area contributed by atoms with E-state index in [0.717, 1.165) is 16.7 Å². The molecular formula is C15H23NO3. The van der Waals surface area contributed by atoms with Gasteiger partial charge in [-0.1, -0.05) is 17.2 Å². The quantitative estimate of drug-likeness (QED) is 0.757. The molecule has 0 aliphatic rings. The van der Waals surface area contributed by atoms with Crippen molar-refractivity contribution in [2.45, 2.75) is 13.8 Å². The fourth-order valence-corrected chi connectivity index (χ4v) is 2.00. The summed E-state index contributed by atoms with van der Waals surface area (Å²) in [4.78, 5) is 14.2. The van der Waals surface area contributed by atoms with Gasteiger partial charge in [-0.3, -0.25) is 4.79 Å². The highest BCUT2D eigenvalue weighted by Gasteiger charge is 2.15. The second-order valence-corrected chi connectivity index (χ2v) is 4.65. The second-order valence-electron chi connectivity index (χ2n) is 4.65. The molecule has 1 rings (SSSR count). The van der Waals surface area contributed by atoms with Crippen molar-refractivity contribution >= 4 is 5.91 Å². The lowest BCUT2D eigenvalue weighted by molar-refractivity contribution is 0.0627. The van der Waals surface area contributed by atoms with E-state index in [1.807, 2.05) is 26.0 Å². The summed E-state index contributed by atoms with van der Waals surface area (Å²) in [5.41, 5.74) is 2.92. The van der Waals surface area contributed by atoms with Gasteiger partial charge in [0.1, 0.15) is 0 Å².